The molecule has 3 rings (SSSR count). The average molecular weight is 282 g/mol. The second-order valence-electron chi connectivity index (χ2n) is 4.71. The molecule has 2 heterocycles. The number of hydrogen-bond acceptors (Lipinski definition) is 4. The van der Waals surface area contributed by atoms with Crippen molar-refractivity contribution in [3.63, 3.8) is 0 Å². The second kappa shape index (κ2) is 5.34. The molecule has 106 valence electrons. The summed E-state index contributed by atoms with van der Waals surface area (Å²) in [6.07, 6.45) is 5.79. The highest BCUT2D eigenvalue weighted by molar-refractivity contribution is 5.94. The third-order valence-electron chi connectivity index (χ3n) is 3.27. The molecule has 0 radical (unpaired) electrons. The molecule has 0 saturated carbocycles. The van der Waals surface area contributed by atoms with Crippen LogP contribution >= 0.6 is 0 Å². The van der Waals surface area contributed by atoms with Gasteiger partial charge in [-0.25, -0.2) is 9.50 Å². The molecular formula is C15H14N4O2. The fourth-order valence-electron chi connectivity index (χ4n) is 2.22. The minimum absolute atomic E-state index is 0.0714. The first-order valence-electron chi connectivity index (χ1n) is 6.52. The monoisotopic (exact) mass is 282 g/mol. The van der Waals surface area contributed by atoms with Crippen LogP contribution in [0, 0.1) is 0 Å². The van der Waals surface area contributed by atoms with Gasteiger partial charge in [0.05, 0.1) is 6.20 Å². The van der Waals surface area contributed by atoms with E-state index in [0.29, 0.717) is 17.6 Å². The largest absolute Gasteiger partial charge is 0.396 e. The number of nitrogens with zero attached hydrogens (tertiary/aromatic N) is 3. The Bertz CT molecular complexity index is 810. The predicted molar refractivity (Wildman–Crippen MR) is 77.7 cm³/mol. The molecular weight excluding hydrogens is 268 g/mol. The summed E-state index contributed by atoms with van der Waals surface area (Å²) < 4.78 is 1.66. The van der Waals surface area contributed by atoms with Crippen LogP contribution < -0.4 is 5.73 Å². The maximum absolute atomic E-state index is 11.3. The van der Waals surface area contributed by atoms with Crippen LogP contribution in [0.25, 0.3) is 16.8 Å². The average Bonchev–Trinajstić information content (AvgIpc) is 2.91. The van der Waals surface area contributed by atoms with Crippen molar-refractivity contribution in [3.8, 4) is 11.1 Å². The van der Waals surface area contributed by atoms with Crippen molar-refractivity contribution < 1.29 is 9.90 Å². The van der Waals surface area contributed by atoms with Crippen molar-refractivity contribution in [2.24, 2.45) is 5.73 Å². The van der Waals surface area contributed by atoms with Gasteiger partial charge in [-0.1, -0.05) is 12.1 Å². The van der Waals surface area contributed by atoms with E-state index in [0.717, 1.165) is 16.7 Å². The molecule has 0 aliphatic heterocycles. The SMILES string of the molecule is NC(=O)c1cccc(-c2cnn3cc(CCO)cnc23)c1. The summed E-state index contributed by atoms with van der Waals surface area (Å²) >= 11 is 0. The molecule has 0 unspecified atom stereocenters. The van der Waals surface area contributed by atoms with E-state index in [9.17, 15) is 4.79 Å². The van der Waals surface area contributed by atoms with E-state index in [-0.39, 0.29) is 6.61 Å². The molecule has 3 aromatic rings. The molecule has 0 atom stereocenters. The van der Waals surface area contributed by atoms with Crippen LogP contribution in [0.15, 0.2) is 42.9 Å². The van der Waals surface area contributed by atoms with Crippen molar-refractivity contribution in [2.45, 2.75) is 6.42 Å². The van der Waals surface area contributed by atoms with Crippen LogP contribution in [-0.4, -0.2) is 32.2 Å². The molecule has 6 heteroatoms. The molecule has 0 fully saturated rings. The number of fused-ring (bicyclic) bond motifs is 1. The first kappa shape index (κ1) is 13.3. The third-order valence-corrected chi connectivity index (χ3v) is 3.27. The Labute approximate surface area is 120 Å². The van der Waals surface area contributed by atoms with Gasteiger partial charge in [-0.3, -0.25) is 4.79 Å². The highest BCUT2D eigenvalue weighted by Gasteiger charge is 2.10. The molecule has 0 aliphatic rings. The summed E-state index contributed by atoms with van der Waals surface area (Å²) in [4.78, 5) is 15.6. The van der Waals surface area contributed by atoms with Gasteiger partial charge in [0.15, 0.2) is 5.65 Å². The standard InChI is InChI=1S/C15H14N4O2/c16-14(21)12-3-1-2-11(6-12)13-8-18-19-9-10(4-5-20)7-17-15(13)19/h1-3,6-9,20H,4-5H2,(H2,16,21). The highest BCUT2D eigenvalue weighted by Crippen LogP contribution is 2.24. The van der Waals surface area contributed by atoms with E-state index < -0.39 is 5.91 Å². The summed E-state index contributed by atoms with van der Waals surface area (Å²) in [6.45, 7) is 0.0714. The number of amides is 1. The van der Waals surface area contributed by atoms with Crippen LogP contribution in [0.4, 0.5) is 0 Å². The minimum atomic E-state index is -0.466. The van der Waals surface area contributed by atoms with E-state index >= 15 is 0 Å². The number of nitrogens with two attached hydrogens (primary N) is 1. The topological polar surface area (TPSA) is 93.5 Å². The molecule has 1 amide bonds. The number of hydrogen-bond donors (Lipinski definition) is 2. The Morgan fingerprint density at radius 2 is 2.19 bits per heavy atom. The first-order chi connectivity index (χ1) is 10.2. The number of aromatic nitrogens is 3. The number of rotatable bonds is 4. The zero-order chi connectivity index (χ0) is 14.8. The van der Waals surface area contributed by atoms with Gasteiger partial charge < -0.3 is 10.8 Å². The lowest BCUT2D eigenvalue weighted by Gasteiger charge is -2.02. The molecule has 2 aromatic heterocycles. The van der Waals surface area contributed by atoms with Gasteiger partial charge in [-0.2, -0.15) is 5.10 Å². The lowest BCUT2D eigenvalue weighted by atomic mass is 10.1. The summed E-state index contributed by atoms with van der Waals surface area (Å²) in [5, 5.41) is 13.2. The van der Waals surface area contributed by atoms with Gasteiger partial charge in [-0.05, 0) is 29.7 Å². The summed E-state index contributed by atoms with van der Waals surface area (Å²) in [6, 6.07) is 7.05. The predicted octanol–water partition coefficient (Wildman–Crippen LogP) is 1.03. The lowest BCUT2D eigenvalue weighted by molar-refractivity contribution is 0.100. The van der Waals surface area contributed by atoms with Gasteiger partial charge in [-0.15, -0.1) is 0 Å². The Hall–Kier alpha value is -2.73. The van der Waals surface area contributed by atoms with Crippen molar-refractivity contribution in [3.05, 3.63) is 54.0 Å². The van der Waals surface area contributed by atoms with Crippen LogP contribution in [0.5, 0.6) is 0 Å². The third kappa shape index (κ3) is 2.48. The number of aliphatic hydroxyl groups is 1. The fraction of sp³-hybridized carbons (Fsp3) is 0.133. The molecule has 3 N–H and O–H groups in total. The number of carbonyl (C=O) groups is 1. The lowest BCUT2D eigenvalue weighted by Crippen LogP contribution is -2.10. The van der Waals surface area contributed by atoms with Gasteiger partial charge in [0.1, 0.15) is 0 Å². The summed E-state index contributed by atoms with van der Waals surface area (Å²) in [5.74, 6) is -0.466. The summed E-state index contributed by atoms with van der Waals surface area (Å²) in [5.41, 5.74) is 9.02. The smallest absolute Gasteiger partial charge is 0.248 e. The fourth-order valence-corrected chi connectivity index (χ4v) is 2.22. The zero-order valence-electron chi connectivity index (χ0n) is 11.2. The zero-order valence-corrected chi connectivity index (χ0v) is 11.2. The van der Waals surface area contributed by atoms with Crippen LogP contribution in [0.1, 0.15) is 15.9 Å². The van der Waals surface area contributed by atoms with Crippen LogP contribution in [0.3, 0.4) is 0 Å². The van der Waals surface area contributed by atoms with E-state index in [1.165, 1.54) is 0 Å². The van der Waals surface area contributed by atoms with Crippen molar-refractivity contribution in [1.29, 1.82) is 0 Å². The second-order valence-corrected chi connectivity index (χ2v) is 4.71. The molecule has 21 heavy (non-hydrogen) atoms. The molecule has 0 saturated heterocycles. The van der Waals surface area contributed by atoms with Crippen molar-refractivity contribution in [1.82, 2.24) is 14.6 Å². The minimum Gasteiger partial charge on any atom is -0.396 e. The van der Waals surface area contributed by atoms with E-state index in [1.54, 1.807) is 35.1 Å². The first-order valence-corrected chi connectivity index (χ1v) is 6.52. The molecule has 6 nitrogen and oxygen atoms in total. The molecule has 0 aliphatic carbocycles. The number of aliphatic hydroxyl groups excluding tert-OH is 1. The number of benzene rings is 1. The quantitative estimate of drug-likeness (QED) is 0.747. The molecule has 1 aromatic carbocycles. The maximum atomic E-state index is 11.3. The van der Waals surface area contributed by atoms with E-state index in [2.05, 4.69) is 10.1 Å². The van der Waals surface area contributed by atoms with Crippen LogP contribution in [-0.2, 0) is 6.42 Å². The van der Waals surface area contributed by atoms with Crippen LogP contribution in [0.2, 0.25) is 0 Å². The molecule has 0 spiro atoms. The van der Waals surface area contributed by atoms with Gasteiger partial charge in [0, 0.05) is 30.1 Å². The highest BCUT2D eigenvalue weighted by atomic mass is 16.3. The van der Waals surface area contributed by atoms with Gasteiger partial charge in [0.2, 0.25) is 5.91 Å². The Balaban J connectivity index is 2.08. The van der Waals surface area contributed by atoms with Crippen molar-refractivity contribution in [2.75, 3.05) is 6.61 Å². The maximum Gasteiger partial charge on any atom is 0.248 e. The van der Waals surface area contributed by atoms with Gasteiger partial charge in [0.25, 0.3) is 0 Å². The number of primary amides is 1. The van der Waals surface area contributed by atoms with E-state index in [1.807, 2.05) is 12.3 Å². The van der Waals surface area contributed by atoms with E-state index in [4.69, 9.17) is 10.8 Å². The number of carbonyl (C=O) groups excluding carboxylic acids is 1. The Morgan fingerprint density at radius 3 is 2.95 bits per heavy atom. The Kier molecular flexibility index (Phi) is 3.37. The molecule has 0 bridgehead atoms. The normalized spacial score (nSPS) is 10.9. The van der Waals surface area contributed by atoms with Crippen molar-refractivity contribution >= 4 is 11.6 Å². The Morgan fingerprint density at radius 1 is 1.33 bits per heavy atom. The summed E-state index contributed by atoms with van der Waals surface area (Å²) in [7, 11) is 0. The van der Waals surface area contributed by atoms with Gasteiger partial charge >= 0.3 is 0 Å².